The fourth-order valence-corrected chi connectivity index (χ4v) is 3.89. The molecule has 2 heterocycles. The second kappa shape index (κ2) is 8.62. The normalized spacial score (nSPS) is 11.9. The molecule has 1 aromatic carbocycles. The van der Waals surface area contributed by atoms with Gasteiger partial charge in [0, 0.05) is 11.8 Å². The van der Waals surface area contributed by atoms with E-state index in [2.05, 4.69) is 15.3 Å². The van der Waals surface area contributed by atoms with Crippen molar-refractivity contribution in [3.8, 4) is 10.6 Å². The lowest BCUT2D eigenvalue weighted by Gasteiger charge is -2.21. The molecular formula is C22H26N4O4S. The smallest absolute Gasteiger partial charge is 0.412 e. The van der Waals surface area contributed by atoms with E-state index in [-0.39, 0.29) is 12.3 Å². The van der Waals surface area contributed by atoms with Crippen LogP contribution in [-0.4, -0.2) is 26.3 Å². The number of nitrogens with one attached hydrogen (secondary N) is 1. The van der Waals surface area contributed by atoms with Gasteiger partial charge >= 0.3 is 6.09 Å². The van der Waals surface area contributed by atoms with Crippen LogP contribution >= 0.6 is 11.3 Å². The van der Waals surface area contributed by atoms with Gasteiger partial charge in [-0.05, 0) is 39.3 Å². The molecule has 0 bridgehead atoms. The number of rotatable bonds is 6. The van der Waals surface area contributed by atoms with Gasteiger partial charge in [-0.1, -0.05) is 41.7 Å². The van der Waals surface area contributed by atoms with Gasteiger partial charge in [0.2, 0.25) is 0 Å². The summed E-state index contributed by atoms with van der Waals surface area (Å²) in [5.41, 5.74) is 5.90. The van der Waals surface area contributed by atoms with Crippen LogP contribution in [-0.2, 0) is 22.5 Å². The second-order valence-electron chi connectivity index (χ2n) is 8.16. The standard InChI is InChI=1S/C22H26N4O4S/c1-21(2,28)16-15(25-20(27)30-12-13-8-6-5-7-9-13)10-14(11-24-16)19-26-17(18(23)31-19)22(3,4)29/h5-11,28-29H,12,23H2,1-4H3,(H,25,27). The van der Waals surface area contributed by atoms with E-state index in [1.54, 1.807) is 40.0 Å². The second-order valence-corrected chi connectivity index (χ2v) is 9.19. The molecular weight excluding hydrogens is 416 g/mol. The number of nitrogens with zero attached hydrogens (tertiary/aromatic N) is 2. The van der Waals surface area contributed by atoms with Crippen molar-refractivity contribution >= 4 is 28.1 Å². The lowest BCUT2D eigenvalue weighted by atomic mass is 10.0. The van der Waals surface area contributed by atoms with Gasteiger partial charge in [0.15, 0.2) is 0 Å². The molecule has 0 radical (unpaired) electrons. The molecule has 2 aromatic heterocycles. The largest absolute Gasteiger partial charge is 0.444 e. The number of hydrogen-bond donors (Lipinski definition) is 4. The predicted octanol–water partition coefficient (Wildman–Crippen LogP) is 3.99. The highest BCUT2D eigenvalue weighted by atomic mass is 32.1. The fourth-order valence-electron chi connectivity index (χ4n) is 2.93. The van der Waals surface area contributed by atoms with Crippen LogP contribution in [0.3, 0.4) is 0 Å². The van der Waals surface area contributed by atoms with E-state index in [9.17, 15) is 15.0 Å². The number of anilines is 2. The van der Waals surface area contributed by atoms with Crippen LogP contribution < -0.4 is 11.1 Å². The number of ether oxygens (including phenoxy) is 1. The van der Waals surface area contributed by atoms with Crippen LogP contribution in [0.2, 0.25) is 0 Å². The Bertz CT molecular complexity index is 1070. The molecule has 0 atom stereocenters. The van der Waals surface area contributed by atoms with E-state index in [1.807, 2.05) is 30.3 Å². The zero-order chi connectivity index (χ0) is 22.8. The van der Waals surface area contributed by atoms with Crippen molar-refractivity contribution < 1.29 is 19.7 Å². The minimum atomic E-state index is -1.30. The first kappa shape index (κ1) is 22.7. The van der Waals surface area contributed by atoms with Gasteiger partial charge in [-0.3, -0.25) is 10.3 Å². The molecule has 3 rings (SSSR count). The van der Waals surface area contributed by atoms with Crippen molar-refractivity contribution in [1.29, 1.82) is 0 Å². The van der Waals surface area contributed by atoms with Crippen molar-refractivity contribution in [2.45, 2.75) is 45.5 Å². The van der Waals surface area contributed by atoms with Crippen LogP contribution in [0, 0.1) is 0 Å². The van der Waals surface area contributed by atoms with Gasteiger partial charge < -0.3 is 20.7 Å². The molecule has 0 aliphatic rings. The minimum absolute atomic E-state index is 0.107. The average Bonchev–Trinajstić information content (AvgIpc) is 3.08. The molecule has 1 amide bonds. The number of pyridine rings is 1. The summed E-state index contributed by atoms with van der Waals surface area (Å²) in [6, 6.07) is 11.0. The molecule has 0 unspecified atom stereocenters. The summed E-state index contributed by atoms with van der Waals surface area (Å²) in [6.07, 6.45) is 0.865. The van der Waals surface area contributed by atoms with Crippen LogP contribution in [0.4, 0.5) is 15.5 Å². The third-order valence-corrected chi connectivity index (χ3v) is 5.33. The number of thiazole rings is 1. The van der Waals surface area contributed by atoms with Crippen molar-refractivity contribution in [3.63, 3.8) is 0 Å². The Morgan fingerprint density at radius 2 is 1.77 bits per heavy atom. The number of aromatic nitrogens is 2. The van der Waals surface area contributed by atoms with Crippen LogP contribution in [0.15, 0.2) is 42.6 Å². The van der Waals surface area contributed by atoms with Crippen LogP contribution in [0.5, 0.6) is 0 Å². The maximum Gasteiger partial charge on any atom is 0.412 e. The zero-order valence-electron chi connectivity index (χ0n) is 17.8. The topological polar surface area (TPSA) is 131 Å². The summed E-state index contributed by atoms with van der Waals surface area (Å²) in [5.74, 6) is 0. The van der Waals surface area contributed by atoms with E-state index >= 15 is 0 Å². The number of carbonyl (C=O) groups excluding carboxylic acids is 1. The van der Waals surface area contributed by atoms with E-state index in [0.717, 1.165) is 5.56 Å². The van der Waals surface area contributed by atoms with Gasteiger partial charge in [-0.2, -0.15) is 0 Å². The summed E-state index contributed by atoms with van der Waals surface area (Å²) in [7, 11) is 0. The Hall–Kier alpha value is -3.01. The highest BCUT2D eigenvalue weighted by Crippen LogP contribution is 2.37. The number of nitrogens with two attached hydrogens (primary N) is 1. The maximum atomic E-state index is 12.4. The number of nitrogen functional groups attached to an aromatic ring is 1. The first-order valence-electron chi connectivity index (χ1n) is 9.65. The van der Waals surface area contributed by atoms with Gasteiger partial charge in [0.05, 0.1) is 11.4 Å². The molecule has 3 aromatic rings. The lowest BCUT2D eigenvalue weighted by Crippen LogP contribution is -2.23. The van der Waals surface area contributed by atoms with Crippen molar-refractivity contribution in [2.24, 2.45) is 0 Å². The average molecular weight is 443 g/mol. The minimum Gasteiger partial charge on any atom is -0.444 e. The van der Waals surface area contributed by atoms with E-state index in [4.69, 9.17) is 10.5 Å². The quantitative estimate of drug-likeness (QED) is 0.454. The summed E-state index contributed by atoms with van der Waals surface area (Å²) in [5, 5.41) is 24.3. The van der Waals surface area contributed by atoms with E-state index in [1.165, 1.54) is 11.3 Å². The SMILES string of the molecule is CC(C)(O)c1ncc(-c2nc(C(C)(C)O)c(N)s2)cc1NC(=O)OCc1ccccc1. The van der Waals surface area contributed by atoms with Crippen LogP contribution in [0.1, 0.15) is 44.6 Å². The Morgan fingerprint density at radius 3 is 2.35 bits per heavy atom. The van der Waals surface area contributed by atoms with Gasteiger partial charge in [-0.25, -0.2) is 9.78 Å². The first-order chi connectivity index (χ1) is 14.4. The van der Waals surface area contributed by atoms with Crippen molar-refractivity contribution in [2.75, 3.05) is 11.1 Å². The summed E-state index contributed by atoms with van der Waals surface area (Å²) in [6.45, 7) is 6.46. The number of hydrogen-bond acceptors (Lipinski definition) is 8. The third kappa shape index (κ3) is 5.57. The maximum absolute atomic E-state index is 12.4. The number of carbonyl (C=O) groups is 1. The molecule has 164 valence electrons. The molecule has 0 fully saturated rings. The third-order valence-electron chi connectivity index (χ3n) is 4.40. The summed E-state index contributed by atoms with van der Waals surface area (Å²) < 4.78 is 5.29. The molecule has 31 heavy (non-hydrogen) atoms. The van der Waals surface area contributed by atoms with Crippen LogP contribution in [0.25, 0.3) is 10.6 Å². The zero-order valence-corrected chi connectivity index (χ0v) is 18.7. The lowest BCUT2D eigenvalue weighted by molar-refractivity contribution is 0.0744. The molecule has 0 aliphatic heterocycles. The molecule has 0 saturated heterocycles. The Kier molecular flexibility index (Phi) is 6.30. The van der Waals surface area contributed by atoms with E-state index < -0.39 is 17.3 Å². The Balaban J connectivity index is 1.88. The number of amides is 1. The Labute approximate surface area is 184 Å². The van der Waals surface area contributed by atoms with Crippen molar-refractivity contribution in [1.82, 2.24) is 9.97 Å². The molecule has 0 aliphatic carbocycles. The Morgan fingerprint density at radius 1 is 1.13 bits per heavy atom. The summed E-state index contributed by atoms with van der Waals surface area (Å²) >= 11 is 1.20. The van der Waals surface area contributed by atoms with Gasteiger partial charge in [-0.15, -0.1) is 0 Å². The summed E-state index contributed by atoms with van der Waals surface area (Å²) in [4.78, 5) is 21.2. The van der Waals surface area contributed by atoms with Crippen molar-refractivity contribution in [3.05, 3.63) is 59.5 Å². The first-order valence-corrected chi connectivity index (χ1v) is 10.5. The number of benzene rings is 1. The van der Waals surface area contributed by atoms with Gasteiger partial charge in [0.1, 0.15) is 33.5 Å². The van der Waals surface area contributed by atoms with E-state index in [0.29, 0.717) is 27.0 Å². The molecule has 9 heteroatoms. The highest BCUT2D eigenvalue weighted by Gasteiger charge is 2.27. The predicted molar refractivity (Wildman–Crippen MR) is 120 cm³/mol. The fraction of sp³-hybridized carbons (Fsp3) is 0.318. The molecule has 5 N–H and O–H groups in total. The molecule has 8 nitrogen and oxygen atoms in total. The number of aliphatic hydroxyl groups is 2. The monoisotopic (exact) mass is 442 g/mol. The molecule has 0 saturated carbocycles. The van der Waals surface area contributed by atoms with Gasteiger partial charge in [0.25, 0.3) is 0 Å². The molecule has 0 spiro atoms. The highest BCUT2D eigenvalue weighted by molar-refractivity contribution is 7.18.